The highest BCUT2D eigenvalue weighted by Crippen LogP contribution is 2.20. The zero-order chi connectivity index (χ0) is 15.4. The van der Waals surface area contributed by atoms with Crippen molar-refractivity contribution in [2.75, 3.05) is 13.1 Å². The number of benzene rings is 1. The molecular weight excluding hydrogens is 273 g/mol. The molecule has 1 aromatic carbocycles. The zero-order valence-electron chi connectivity index (χ0n) is 12.0. The van der Waals surface area contributed by atoms with Crippen molar-refractivity contribution in [3.05, 3.63) is 41.2 Å². The molecule has 0 aromatic heterocycles. The minimum absolute atomic E-state index is 0.287. The molecule has 0 amide bonds. The van der Waals surface area contributed by atoms with Crippen molar-refractivity contribution in [1.82, 2.24) is 4.90 Å². The summed E-state index contributed by atoms with van der Waals surface area (Å²) in [4.78, 5) is 12.5. The number of carboxylic acid groups (broad SMARTS) is 1. The Bertz CT molecular complexity index is 544. The Morgan fingerprint density at radius 3 is 2.90 bits per heavy atom. The first-order valence-electron chi connectivity index (χ1n) is 7.05. The van der Waals surface area contributed by atoms with E-state index in [2.05, 4.69) is 0 Å². The van der Waals surface area contributed by atoms with Gasteiger partial charge in [-0.2, -0.15) is 0 Å². The van der Waals surface area contributed by atoms with Gasteiger partial charge in [0.2, 0.25) is 0 Å². The van der Waals surface area contributed by atoms with E-state index in [4.69, 9.17) is 5.11 Å². The molecule has 21 heavy (non-hydrogen) atoms. The van der Waals surface area contributed by atoms with Gasteiger partial charge in [0.1, 0.15) is 5.82 Å². The van der Waals surface area contributed by atoms with Gasteiger partial charge >= 0.3 is 5.97 Å². The topological polar surface area (TPSA) is 60.8 Å². The number of halogens is 1. The average molecular weight is 293 g/mol. The summed E-state index contributed by atoms with van der Waals surface area (Å²) in [6.07, 6.45) is 2.89. The highest BCUT2D eigenvalue weighted by Gasteiger charge is 2.24. The molecule has 0 bridgehead atoms. The molecule has 0 saturated carbocycles. The van der Waals surface area contributed by atoms with Crippen LogP contribution in [0.1, 0.15) is 24.5 Å². The quantitative estimate of drug-likeness (QED) is 0.835. The van der Waals surface area contributed by atoms with Crippen molar-refractivity contribution in [3.63, 3.8) is 0 Å². The third kappa shape index (κ3) is 4.37. The molecule has 1 aliphatic heterocycles. The first-order chi connectivity index (χ1) is 9.95. The summed E-state index contributed by atoms with van der Waals surface area (Å²) in [5.74, 6) is -1.12. The van der Waals surface area contributed by atoms with Crippen LogP contribution >= 0.6 is 0 Å². The van der Waals surface area contributed by atoms with Gasteiger partial charge in [-0.3, -0.25) is 4.90 Å². The van der Waals surface area contributed by atoms with E-state index in [0.29, 0.717) is 24.2 Å². The van der Waals surface area contributed by atoms with Crippen LogP contribution in [0.3, 0.4) is 0 Å². The molecule has 1 aliphatic rings. The predicted octanol–water partition coefficient (Wildman–Crippen LogP) is 2.13. The molecule has 1 heterocycles. The minimum Gasteiger partial charge on any atom is -0.478 e. The van der Waals surface area contributed by atoms with E-state index in [0.717, 1.165) is 19.0 Å². The molecule has 4 nitrogen and oxygen atoms in total. The maximum atomic E-state index is 14.0. The van der Waals surface area contributed by atoms with Crippen molar-refractivity contribution < 1.29 is 19.4 Å². The number of piperidine rings is 1. The number of hydrogen-bond acceptors (Lipinski definition) is 3. The second-order valence-corrected chi connectivity index (χ2v) is 5.59. The third-order valence-electron chi connectivity index (χ3n) is 3.89. The molecule has 2 N–H and O–H groups in total. The fourth-order valence-corrected chi connectivity index (χ4v) is 2.46. The summed E-state index contributed by atoms with van der Waals surface area (Å²) in [5, 5.41) is 18.4. The van der Waals surface area contributed by atoms with Crippen molar-refractivity contribution >= 4 is 12.0 Å². The number of likely N-dealkylation sites (tertiary alicyclic amines) is 1. The lowest BCUT2D eigenvalue weighted by molar-refractivity contribution is -0.131. The number of carbonyl (C=O) groups is 1. The highest BCUT2D eigenvalue weighted by atomic mass is 19.1. The van der Waals surface area contributed by atoms with E-state index in [1.54, 1.807) is 12.1 Å². The van der Waals surface area contributed by atoms with Crippen LogP contribution in [-0.2, 0) is 11.3 Å². The average Bonchev–Trinajstić information content (AvgIpc) is 2.43. The number of carboxylic acids is 1. The molecule has 5 heteroatoms. The van der Waals surface area contributed by atoms with Crippen LogP contribution in [0.5, 0.6) is 0 Å². The molecule has 0 aliphatic carbocycles. The number of hydrogen-bond donors (Lipinski definition) is 2. The molecule has 0 radical (unpaired) electrons. The molecular formula is C16H20FNO3. The largest absolute Gasteiger partial charge is 0.478 e. The maximum Gasteiger partial charge on any atom is 0.328 e. The first-order valence-corrected chi connectivity index (χ1v) is 7.05. The lowest BCUT2D eigenvalue weighted by Crippen LogP contribution is -2.42. The van der Waals surface area contributed by atoms with Crippen LogP contribution < -0.4 is 0 Å². The van der Waals surface area contributed by atoms with Gasteiger partial charge in [0.05, 0.1) is 6.10 Å². The van der Waals surface area contributed by atoms with Gasteiger partial charge in [-0.1, -0.05) is 19.1 Å². The Balaban J connectivity index is 2.02. The monoisotopic (exact) mass is 293 g/mol. The Labute approximate surface area is 123 Å². The van der Waals surface area contributed by atoms with E-state index in [1.165, 1.54) is 12.1 Å². The van der Waals surface area contributed by atoms with Crippen LogP contribution in [0.25, 0.3) is 6.08 Å². The maximum absolute atomic E-state index is 14.0. The standard InChI is InChI=1S/C16H20FNO3/c1-11-6-7-18(10-15(11)19)9-13-4-2-12(8-14(13)17)3-5-16(20)21/h2-5,8,11,15,19H,6-7,9-10H2,1H3,(H,20,21)/b5-3+. The van der Waals surface area contributed by atoms with E-state index in [1.807, 2.05) is 11.8 Å². The summed E-state index contributed by atoms with van der Waals surface area (Å²) in [6.45, 7) is 3.88. The molecule has 2 unspecified atom stereocenters. The van der Waals surface area contributed by atoms with Gasteiger partial charge in [-0.05, 0) is 36.6 Å². The second kappa shape index (κ2) is 6.83. The number of β-amino-alcohol motifs (C(OH)–C–C–N with tert-alkyl or cyclic N) is 1. The van der Waals surface area contributed by atoms with Crippen molar-refractivity contribution in [3.8, 4) is 0 Å². The molecule has 1 saturated heterocycles. The van der Waals surface area contributed by atoms with Crippen molar-refractivity contribution in [2.24, 2.45) is 5.92 Å². The molecule has 2 rings (SSSR count). The summed E-state index contributed by atoms with van der Waals surface area (Å²) in [5.41, 5.74) is 1.08. The summed E-state index contributed by atoms with van der Waals surface area (Å²) in [6, 6.07) is 4.69. The Morgan fingerprint density at radius 1 is 1.52 bits per heavy atom. The third-order valence-corrected chi connectivity index (χ3v) is 3.89. The van der Waals surface area contributed by atoms with Gasteiger partial charge in [0.25, 0.3) is 0 Å². The van der Waals surface area contributed by atoms with Crippen LogP contribution in [0, 0.1) is 11.7 Å². The van der Waals surface area contributed by atoms with E-state index >= 15 is 0 Å². The highest BCUT2D eigenvalue weighted by molar-refractivity contribution is 5.85. The molecule has 1 aromatic rings. The summed E-state index contributed by atoms with van der Waals surface area (Å²) < 4.78 is 14.0. The Morgan fingerprint density at radius 2 is 2.29 bits per heavy atom. The fourth-order valence-electron chi connectivity index (χ4n) is 2.46. The smallest absolute Gasteiger partial charge is 0.328 e. The van der Waals surface area contributed by atoms with E-state index in [-0.39, 0.29) is 17.8 Å². The molecule has 2 atom stereocenters. The minimum atomic E-state index is -1.06. The first kappa shape index (κ1) is 15.7. The van der Waals surface area contributed by atoms with Gasteiger partial charge in [-0.25, -0.2) is 9.18 Å². The van der Waals surface area contributed by atoms with Crippen LogP contribution in [0.15, 0.2) is 24.3 Å². The Kier molecular flexibility index (Phi) is 5.09. The summed E-state index contributed by atoms with van der Waals surface area (Å²) in [7, 11) is 0. The van der Waals surface area contributed by atoms with Crippen LogP contribution in [-0.4, -0.2) is 40.3 Å². The van der Waals surface area contributed by atoms with Crippen molar-refractivity contribution in [1.29, 1.82) is 0 Å². The SMILES string of the molecule is CC1CCN(Cc2ccc(/C=C/C(=O)O)cc2F)CC1O. The predicted molar refractivity (Wildman–Crippen MR) is 78.1 cm³/mol. The van der Waals surface area contributed by atoms with Gasteiger partial charge in [-0.15, -0.1) is 0 Å². The number of aliphatic hydroxyl groups excluding tert-OH is 1. The van der Waals surface area contributed by atoms with Gasteiger partial charge in [0, 0.05) is 24.7 Å². The lowest BCUT2D eigenvalue weighted by Gasteiger charge is -2.34. The number of aliphatic hydroxyl groups is 1. The van der Waals surface area contributed by atoms with Gasteiger partial charge in [0.15, 0.2) is 0 Å². The van der Waals surface area contributed by atoms with Crippen molar-refractivity contribution in [2.45, 2.75) is 26.0 Å². The number of aliphatic carboxylic acids is 1. The summed E-state index contributed by atoms with van der Waals surface area (Å²) >= 11 is 0. The molecule has 114 valence electrons. The van der Waals surface area contributed by atoms with Crippen LogP contribution in [0.4, 0.5) is 4.39 Å². The van der Waals surface area contributed by atoms with E-state index < -0.39 is 5.97 Å². The fraction of sp³-hybridized carbons (Fsp3) is 0.438. The zero-order valence-corrected chi connectivity index (χ0v) is 12.0. The second-order valence-electron chi connectivity index (χ2n) is 5.59. The number of nitrogens with zero attached hydrogens (tertiary/aromatic N) is 1. The molecule has 1 fully saturated rings. The molecule has 0 spiro atoms. The Hall–Kier alpha value is -1.72. The normalized spacial score (nSPS) is 23.6. The van der Waals surface area contributed by atoms with Gasteiger partial charge < -0.3 is 10.2 Å². The van der Waals surface area contributed by atoms with E-state index in [9.17, 15) is 14.3 Å². The lowest BCUT2D eigenvalue weighted by atomic mass is 9.95. The van der Waals surface area contributed by atoms with Crippen LogP contribution in [0.2, 0.25) is 0 Å². The number of rotatable bonds is 4.